The van der Waals surface area contributed by atoms with E-state index in [0.29, 0.717) is 6.61 Å². The van der Waals surface area contributed by atoms with Gasteiger partial charge >= 0.3 is 0 Å². The molecular weight excluding hydrogens is 212 g/mol. The van der Waals surface area contributed by atoms with E-state index in [0.717, 1.165) is 13.1 Å². The molecule has 0 saturated heterocycles. The molecule has 17 heavy (non-hydrogen) atoms. The highest BCUT2D eigenvalue weighted by molar-refractivity contribution is 4.84. The largest absolute Gasteiger partial charge is 0.396 e. The van der Waals surface area contributed by atoms with Crippen LogP contribution in [-0.2, 0) is 0 Å². The van der Waals surface area contributed by atoms with Crippen molar-refractivity contribution in [2.24, 2.45) is 5.41 Å². The number of unbranched alkanes of at least 4 members (excludes halogenated alkanes) is 1. The second kappa shape index (κ2) is 8.06. The monoisotopic (exact) mass is 242 g/mol. The Kier molecular flexibility index (Phi) is 7.09. The van der Waals surface area contributed by atoms with Gasteiger partial charge in [-0.2, -0.15) is 0 Å². The smallest absolute Gasteiger partial charge is 0.0499 e. The quantitative estimate of drug-likeness (QED) is 0.638. The van der Waals surface area contributed by atoms with Gasteiger partial charge in [-0.25, -0.2) is 0 Å². The Bertz CT molecular complexity index is 189. The summed E-state index contributed by atoms with van der Waals surface area (Å²) >= 11 is 0. The third kappa shape index (κ3) is 5.84. The zero-order valence-corrected chi connectivity index (χ0v) is 11.7. The topological polar surface area (TPSA) is 35.5 Å². The Morgan fingerprint density at radius 2 is 1.82 bits per heavy atom. The van der Waals surface area contributed by atoms with E-state index < -0.39 is 0 Å². The molecule has 1 rings (SSSR count). The van der Waals surface area contributed by atoms with Crippen LogP contribution in [0.1, 0.15) is 44.9 Å². The molecule has 3 heteroatoms. The second-order valence-corrected chi connectivity index (χ2v) is 5.91. The molecule has 0 aromatic heterocycles. The molecule has 1 saturated carbocycles. The standard InChI is InChI=1S/C14H30N2O/c1-16(2)11-7-6-10-15-12-14(13-17)8-4-3-5-9-14/h15,17H,3-13H2,1-2H3. The predicted molar refractivity (Wildman–Crippen MR) is 73.3 cm³/mol. The highest BCUT2D eigenvalue weighted by atomic mass is 16.3. The highest BCUT2D eigenvalue weighted by Gasteiger charge is 2.30. The molecule has 0 spiro atoms. The van der Waals surface area contributed by atoms with Crippen molar-refractivity contribution >= 4 is 0 Å². The summed E-state index contributed by atoms with van der Waals surface area (Å²) < 4.78 is 0. The third-order valence-electron chi connectivity index (χ3n) is 3.96. The van der Waals surface area contributed by atoms with E-state index in [4.69, 9.17) is 0 Å². The van der Waals surface area contributed by atoms with E-state index in [-0.39, 0.29) is 5.41 Å². The van der Waals surface area contributed by atoms with Gasteiger partial charge in [-0.05, 0) is 52.9 Å². The Balaban J connectivity index is 2.07. The van der Waals surface area contributed by atoms with Gasteiger partial charge in [0.15, 0.2) is 0 Å². The maximum Gasteiger partial charge on any atom is 0.0499 e. The van der Waals surface area contributed by atoms with Crippen molar-refractivity contribution in [2.45, 2.75) is 44.9 Å². The van der Waals surface area contributed by atoms with E-state index in [2.05, 4.69) is 24.3 Å². The van der Waals surface area contributed by atoms with E-state index >= 15 is 0 Å². The lowest BCUT2D eigenvalue weighted by Crippen LogP contribution is -2.39. The molecule has 0 radical (unpaired) electrons. The van der Waals surface area contributed by atoms with Crippen LogP contribution >= 0.6 is 0 Å². The van der Waals surface area contributed by atoms with E-state index in [1.54, 1.807) is 0 Å². The fourth-order valence-corrected chi connectivity index (χ4v) is 2.72. The van der Waals surface area contributed by atoms with Crippen LogP contribution in [0.15, 0.2) is 0 Å². The lowest BCUT2D eigenvalue weighted by atomic mass is 9.74. The number of aliphatic hydroxyl groups is 1. The van der Waals surface area contributed by atoms with Gasteiger partial charge in [0.1, 0.15) is 0 Å². The second-order valence-electron chi connectivity index (χ2n) is 5.91. The van der Waals surface area contributed by atoms with Crippen LogP contribution < -0.4 is 5.32 Å². The van der Waals surface area contributed by atoms with Gasteiger partial charge in [0.25, 0.3) is 0 Å². The van der Waals surface area contributed by atoms with E-state index in [1.165, 1.54) is 51.5 Å². The lowest BCUT2D eigenvalue weighted by molar-refractivity contribution is 0.0814. The van der Waals surface area contributed by atoms with Crippen molar-refractivity contribution in [1.29, 1.82) is 0 Å². The number of hydrogen-bond acceptors (Lipinski definition) is 3. The SMILES string of the molecule is CN(C)CCCCNCC1(CO)CCCCC1. The minimum atomic E-state index is 0.194. The maximum absolute atomic E-state index is 9.57. The molecule has 0 aromatic rings. The minimum Gasteiger partial charge on any atom is -0.396 e. The zero-order valence-electron chi connectivity index (χ0n) is 11.7. The number of nitrogens with one attached hydrogen (secondary N) is 1. The molecule has 1 aliphatic carbocycles. The Labute approximate surface area is 107 Å². The Morgan fingerprint density at radius 3 is 2.41 bits per heavy atom. The summed E-state index contributed by atoms with van der Waals surface area (Å²) in [4.78, 5) is 2.23. The summed E-state index contributed by atoms with van der Waals surface area (Å²) in [6.45, 7) is 3.63. The first kappa shape index (κ1) is 14.9. The molecule has 0 atom stereocenters. The average molecular weight is 242 g/mol. The van der Waals surface area contributed by atoms with Crippen LogP contribution in [0.3, 0.4) is 0 Å². The summed E-state index contributed by atoms with van der Waals surface area (Å²) in [7, 11) is 4.24. The molecule has 102 valence electrons. The molecule has 0 heterocycles. The molecule has 0 aromatic carbocycles. The van der Waals surface area contributed by atoms with Crippen LogP contribution in [0.5, 0.6) is 0 Å². The van der Waals surface area contributed by atoms with Crippen LogP contribution in [0.25, 0.3) is 0 Å². The van der Waals surface area contributed by atoms with Crippen molar-refractivity contribution in [2.75, 3.05) is 40.3 Å². The van der Waals surface area contributed by atoms with Crippen molar-refractivity contribution in [3.8, 4) is 0 Å². The predicted octanol–water partition coefficient (Wildman–Crippen LogP) is 1.86. The average Bonchev–Trinajstić information content (AvgIpc) is 2.34. The van der Waals surface area contributed by atoms with Crippen molar-refractivity contribution in [1.82, 2.24) is 10.2 Å². The summed E-state index contributed by atoms with van der Waals surface area (Å²) in [6.07, 6.45) is 8.84. The summed E-state index contributed by atoms with van der Waals surface area (Å²) in [6, 6.07) is 0. The molecule has 0 unspecified atom stereocenters. The van der Waals surface area contributed by atoms with Gasteiger partial charge in [0, 0.05) is 18.6 Å². The maximum atomic E-state index is 9.57. The summed E-state index contributed by atoms with van der Waals surface area (Å²) in [5, 5.41) is 13.1. The summed E-state index contributed by atoms with van der Waals surface area (Å²) in [5.41, 5.74) is 0.194. The first-order chi connectivity index (χ1) is 8.18. The van der Waals surface area contributed by atoms with E-state index in [9.17, 15) is 5.11 Å². The Hall–Kier alpha value is -0.120. The van der Waals surface area contributed by atoms with Crippen LogP contribution in [0, 0.1) is 5.41 Å². The molecule has 3 nitrogen and oxygen atoms in total. The molecule has 0 amide bonds. The number of aliphatic hydroxyl groups excluding tert-OH is 1. The van der Waals surface area contributed by atoms with E-state index in [1.807, 2.05) is 0 Å². The van der Waals surface area contributed by atoms with Gasteiger partial charge in [-0.1, -0.05) is 19.3 Å². The highest BCUT2D eigenvalue weighted by Crippen LogP contribution is 2.35. The third-order valence-corrected chi connectivity index (χ3v) is 3.96. The molecule has 1 aliphatic rings. The van der Waals surface area contributed by atoms with Crippen molar-refractivity contribution < 1.29 is 5.11 Å². The van der Waals surface area contributed by atoms with Gasteiger partial charge in [0.2, 0.25) is 0 Å². The first-order valence-electron chi connectivity index (χ1n) is 7.15. The summed E-state index contributed by atoms with van der Waals surface area (Å²) in [5.74, 6) is 0. The van der Waals surface area contributed by atoms with Gasteiger partial charge < -0.3 is 15.3 Å². The fraction of sp³-hybridized carbons (Fsp3) is 1.00. The van der Waals surface area contributed by atoms with Crippen molar-refractivity contribution in [3.05, 3.63) is 0 Å². The molecular formula is C14H30N2O. The van der Waals surface area contributed by atoms with Crippen molar-refractivity contribution in [3.63, 3.8) is 0 Å². The van der Waals surface area contributed by atoms with Crippen LogP contribution in [0.4, 0.5) is 0 Å². The molecule has 1 fully saturated rings. The lowest BCUT2D eigenvalue weighted by Gasteiger charge is -2.35. The number of rotatable bonds is 8. The van der Waals surface area contributed by atoms with Crippen LogP contribution in [-0.4, -0.2) is 50.3 Å². The van der Waals surface area contributed by atoms with Gasteiger partial charge in [-0.15, -0.1) is 0 Å². The fourth-order valence-electron chi connectivity index (χ4n) is 2.72. The van der Waals surface area contributed by atoms with Crippen LogP contribution in [0.2, 0.25) is 0 Å². The number of hydrogen-bond donors (Lipinski definition) is 2. The Morgan fingerprint density at radius 1 is 1.12 bits per heavy atom. The zero-order chi connectivity index (χ0) is 12.6. The van der Waals surface area contributed by atoms with Gasteiger partial charge in [-0.3, -0.25) is 0 Å². The van der Waals surface area contributed by atoms with Gasteiger partial charge in [0.05, 0.1) is 0 Å². The minimum absolute atomic E-state index is 0.194. The number of nitrogens with zero attached hydrogens (tertiary/aromatic N) is 1. The molecule has 0 aliphatic heterocycles. The molecule has 2 N–H and O–H groups in total. The molecule has 0 bridgehead atoms. The first-order valence-corrected chi connectivity index (χ1v) is 7.15. The normalized spacial score (nSPS) is 19.8.